The maximum Gasteiger partial charge on any atom is 0.333 e. The Bertz CT molecular complexity index is 608. The van der Waals surface area contributed by atoms with Crippen molar-refractivity contribution in [3.05, 3.63) is 53.3 Å². The van der Waals surface area contributed by atoms with Crippen molar-refractivity contribution in [3.63, 3.8) is 0 Å². The van der Waals surface area contributed by atoms with Gasteiger partial charge in [0.25, 0.3) is 5.91 Å². The third kappa shape index (κ3) is 3.03. The maximum atomic E-state index is 12.0. The number of aromatic nitrogens is 2. The summed E-state index contributed by atoms with van der Waals surface area (Å²) in [4.78, 5) is 23.9. The fraction of sp³-hybridized carbons (Fsp3) is 0.214. The van der Waals surface area contributed by atoms with E-state index in [-0.39, 0.29) is 5.69 Å². The van der Waals surface area contributed by atoms with Gasteiger partial charge in [-0.3, -0.25) is 9.89 Å². The lowest BCUT2D eigenvalue weighted by Gasteiger charge is -2.16. The van der Waals surface area contributed by atoms with Gasteiger partial charge in [-0.1, -0.05) is 29.8 Å². The van der Waals surface area contributed by atoms with E-state index in [1.165, 1.54) is 19.4 Å². The maximum absolute atomic E-state index is 12.0. The van der Waals surface area contributed by atoms with Crippen LogP contribution in [0, 0.1) is 6.92 Å². The monoisotopic (exact) mass is 273 g/mol. The number of rotatable bonds is 4. The Balaban J connectivity index is 2.25. The zero-order valence-corrected chi connectivity index (χ0v) is 11.2. The van der Waals surface area contributed by atoms with E-state index >= 15 is 0 Å². The molecule has 2 N–H and O–H groups in total. The van der Waals surface area contributed by atoms with Crippen molar-refractivity contribution in [3.8, 4) is 0 Å². The molecule has 1 amide bonds. The summed E-state index contributed by atoms with van der Waals surface area (Å²) in [6.45, 7) is 1.91. The fourth-order valence-corrected chi connectivity index (χ4v) is 1.84. The van der Waals surface area contributed by atoms with E-state index in [1.807, 2.05) is 25.1 Å². The number of methoxy groups -OCH3 is 1. The van der Waals surface area contributed by atoms with Crippen molar-refractivity contribution < 1.29 is 14.3 Å². The highest BCUT2D eigenvalue weighted by Crippen LogP contribution is 2.16. The number of hydrogen-bond donors (Lipinski definition) is 2. The van der Waals surface area contributed by atoms with Crippen LogP contribution in [0.3, 0.4) is 0 Å². The largest absolute Gasteiger partial charge is 0.467 e. The van der Waals surface area contributed by atoms with Crippen molar-refractivity contribution >= 4 is 11.9 Å². The number of nitrogens with zero attached hydrogens (tertiary/aromatic N) is 1. The predicted octanol–water partition coefficient (Wildman–Crippen LogP) is 1.36. The molecule has 104 valence electrons. The molecule has 2 rings (SSSR count). The molecule has 0 saturated carbocycles. The second-order valence-corrected chi connectivity index (χ2v) is 4.31. The van der Waals surface area contributed by atoms with Crippen LogP contribution >= 0.6 is 0 Å². The normalized spacial score (nSPS) is 11.7. The number of hydrogen-bond acceptors (Lipinski definition) is 4. The van der Waals surface area contributed by atoms with Crippen LogP contribution in [0.4, 0.5) is 0 Å². The van der Waals surface area contributed by atoms with Crippen LogP contribution in [0.2, 0.25) is 0 Å². The molecule has 1 atom stereocenters. The Morgan fingerprint density at radius 3 is 2.75 bits per heavy atom. The zero-order valence-electron chi connectivity index (χ0n) is 11.2. The van der Waals surface area contributed by atoms with Gasteiger partial charge >= 0.3 is 5.97 Å². The summed E-state index contributed by atoms with van der Waals surface area (Å²) in [6, 6.07) is 8.00. The molecule has 0 aliphatic heterocycles. The van der Waals surface area contributed by atoms with Crippen LogP contribution < -0.4 is 5.32 Å². The molecule has 0 aliphatic carbocycles. The van der Waals surface area contributed by atoms with E-state index < -0.39 is 17.9 Å². The Morgan fingerprint density at radius 1 is 1.35 bits per heavy atom. The average Bonchev–Trinajstić information content (AvgIpc) is 2.98. The molecule has 0 aliphatic rings. The van der Waals surface area contributed by atoms with Crippen LogP contribution in [-0.4, -0.2) is 29.2 Å². The predicted molar refractivity (Wildman–Crippen MR) is 72.0 cm³/mol. The summed E-state index contributed by atoms with van der Waals surface area (Å²) in [5, 5.41) is 8.88. The van der Waals surface area contributed by atoms with E-state index in [0.29, 0.717) is 5.56 Å². The average molecular weight is 273 g/mol. The van der Waals surface area contributed by atoms with Gasteiger partial charge in [-0.15, -0.1) is 0 Å². The van der Waals surface area contributed by atoms with Crippen molar-refractivity contribution in [2.45, 2.75) is 13.0 Å². The van der Waals surface area contributed by atoms with Crippen LogP contribution in [0.25, 0.3) is 0 Å². The van der Waals surface area contributed by atoms with E-state index in [2.05, 4.69) is 15.5 Å². The van der Waals surface area contributed by atoms with Gasteiger partial charge in [0.2, 0.25) is 0 Å². The molecule has 6 nitrogen and oxygen atoms in total. The number of aromatic amines is 1. The van der Waals surface area contributed by atoms with E-state index in [4.69, 9.17) is 4.74 Å². The fourth-order valence-electron chi connectivity index (χ4n) is 1.84. The highest BCUT2D eigenvalue weighted by molar-refractivity contribution is 5.95. The van der Waals surface area contributed by atoms with Crippen molar-refractivity contribution in [1.82, 2.24) is 15.5 Å². The third-order valence-electron chi connectivity index (χ3n) is 2.83. The molecular formula is C14H15N3O3. The van der Waals surface area contributed by atoms with Gasteiger partial charge in [0.15, 0.2) is 6.04 Å². The molecule has 1 aromatic heterocycles. The Morgan fingerprint density at radius 2 is 2.15 bits per heavy atom. The lowest BCUT2D eigenvalue weighted by Crippen LogP contribution is -2.34. The molecule has 0 saturated heterocycles. The van der Waals surface area contributed by atoms with Crippen molar-refractivity contribution in [2.75, 3.05) is 7.11 Å². The summed E-state index contributed by atoms with van der Waals surface area (Å²) in [7, 11) is 1.29. The number of amides is 1. The van der Waals surface area contributed by atoms with E-state index in [1.54, 1.807) is 6.07 Å². The number of nitrogens with one attached hydrogen (secondary N) is 2. The molecule has 6 heteroatoms. The molecule has 20 heavy (non-hydrogen) atoms. The number of ether oxygens (including phenoxy) is 1. The Hall–Kier alpha value is -2.63. The summed E-state index contributed by atoms with van der Waals surface area (Å²) < 4.78 is 4.75. The lowest BCUT2D eigenvalue weighted by atomic mass is 10.0. The molecular weight excluding hydrogens is 258 g/mol. The smallest absolute Gasteiger partial charge is 0.333 e. The van der Waals surface area contributed by atoms with Gasteiger partial charge in [0.1, 0.15) is 5.69 Å². The van der Waals surface area contributed by atoms with Crippen LogP contribution in [0.5, 0.6) is 0 Å². The third-order valence-corrected chi connectivity index (χ3v) is 2.83. The van der Waals surface area contributed by atoms with E-state index in [9.17, 15) is 9.59 Å². The van der Waals surface area contributed by atoms with Gasteiger partial charge < -0.3 is 10.1 Å². The van der Waals surface area contributed by atoms with E-state index in [0.717, 1.165) is 5.56 Å². The van der Waals surface area contributed by atoms with Gasteiger partial charge in [0, 0.05) is 6.20 Å². The summed E-state index contributed by atoms with van der Waals surface area (Å²) >= 11 is 0. The summed E-state index contributed by atoms with van der Waals surface area (Å²) in [5.74, 6) is -0.942. The number of esters is 1. The number of aryl methyl sites for hydroxylation is 1. The zero-order chi connectivity index (χ0) is 14.5. The second kappa shape index (κ2) is 6.01. The van der Waals surface area contributed by atoms with Crippen LogP contribution in [0.15, 0.2) is 36.5 Å². The SMILES string of the molecule is COC(=O)C(NC(=O)c1ccn[nH]1)c1cccc(C)c1. The van der Waals surface area contributed by atoms with Crippen molar-refractivity contribution in [2.24, 2.45) is 0 Å². The topological polar surface area (TPSA) is 84.1 Å². The Kier molecular flexibility index (Phi) is 4.14. The summed E-state index contributed by atoms with van der Waals surface area (Å²) in [5.41, 5.74) is 1.95. The van der Waals surface area contributed by atoms with Gasteiger partial charge in [-0.25, -0.2) is 4.79 Å². The second-order valence-electron chi connectivity index (χ2n) is 4.31. The minimum Gasteiger partial charge on any atom is -0.467 e. The molecule has 0 fully saturated rings. The van der Waals surface area contributed by atoms with Gasteiger partial charge in [-0.05, 0) is 18.6 Å². The highest BCUT2D eigenvalue weighted by atomic mass is 16.5. The number of carbonyl (C=O) groups excluding carboxylic acids is 2. The molecule has 0 spiro atoms. The highest BCUT2D eigenvalue weighted by Gasteiger charge is 2.24. The molecule has 1 unspecified atom stereocenters. The first-order valence-corrected chi connectivity index (χ1v) is 6.06. The van der Waals surface area contributed by atoms with Crippen LogP contribution in [0.1, 0.15) is 27.7 Å². The minimum absolute atomic E-state index is 0.284. The first-order valence-electron chi connectivity index (χ1n) is 6.06. The minimum atomic E-state index is -0.851. The van der Waals surface area contributed by atoms with Crippen LogP contribution in [-0.2, 0) is 9.53 Å². The molecule has 0 radical (unpaired) electrons. The first kappa shape index (κ1) is 13.8. The number of H-pyrrole nitrogens is 1. The van der Waals surface area contributed by atoms with Crippen molar-refractivity contribution in [1.29, 1.82) is 0 Å². The standard InChI is InChI=1S/C14H15N3O3/c1-9-4-3-5-10(8-9)12(14(19)20-2)16-13(18)11-6-7-15-17-11/h3-8,12H,1-2H3,(H,15,17)(H,16,18). The lowest BCUT2D eigenvalue weighted by molar-refractivity contribution is -0.143. The molecule has 2 aromatic rings. The Labute approximate surface area is 116 Å². The van der Waals surface area contributed by atoms with Gasteiger partial charge in [-0.2, -0.15) is 5.10 Å². The number of benzene rings is 1. The van der Waals surface area contributed by atoms with Gasteiger partial charge in [0.05, 0.1) is 7.11 Å². The molecule has 1 aromatic carbocycles. The molecule has 0 bridgehead atoms. The molecule has 1 heterocycles. The number of carbonyl (C=O) groups is 2. The summed E-state index contributed by atoms with van der Waals surface area (Å²) in [6.07, 6.45) is 1.47. The first-order chi connectivity index (χ1) is 9.61. The quantitative estimate of drug-likeness (QED) is 0.824.